The number of anilines is 1. The molecule has 0 atom stereocenters. The van der Waals surface area contributed by atoms with Gasteiger partial charge in [-0.1, -0.05) is 20.8 Å². The monoisotopic (exact) mass is 179 g/mol. The van der Waals surface area contributed by atoms with Crippen LogP contribution >= 0.6 is 0 Å². The van der Waals surface area contributed by atoms with Crippen LogP contribution in [0.25, 0.3) is 0 Å². The summed E-state index contributed by atoms with van der Waals surface area (Å²) in [5.74, 6) is 0. The van der Waals surface area contributed by atoms with Gasteiger partial charge in [-0.05, 0) is 49.1 Å². The van der Waals surface area contributed by atoms with Crippen molar-refractivity contribution in [2.45, 2.75) is 41.0 Å². The van der Waals surface area contributed by atoms with Gasteiger partial charge in [0.2, 0.25) is 0 Å². The quantitative estimate of drug-likeness (QED) is 0.656. The molecular formula is C12H21N. The summed E-state index contributed by atoms with van der Waals surface area (Å²) in [6.45, 7) is 10.4. The third-order valence-corrected chi connectivity index (χ3v) is 2.18. The standard InChI is InChI=1S/C10H15N.C2H6/c1-4-9-6-10(11)5-7(2)8(9)3;1-2/h5-6H,4,11H2,1-3H3;1-2H3. The molecule has 0 heterocycles. The Kier molecular flexibility index (Phi) is 5.20. The lowest BCUT2D eigenvalue weighted by Gasteiger charge is -2.07. The summed E-state index contributed by atoms with van der Waals surface area (Å²) in [5.41, 5.74) is 10.6. The first-order chi connectivity index (χ1) is 6.15. The third kappa shape index (κ3) is 3.10. The van der Waals surface area contributed by atoms with Gasteiger partial charge in [-0.25, -0.2) is 0 Å². The topological polar surface area (TPSA) is 26.0 Å². The van der Waals surface area contributed by atoms with Gasteiger partial charge in [-0.2, -0.15) is 0 Å². The van der Waals surface area contributed by atoms with Gasteiger partial charge in [-0.3, -0.25) is 0 Å². The molecular weight excluding hydrogens is 158 g/mol. The van der Waals surface area contributed by atoms with Crippen LogP contribution < -0.4 is 5.73 Å². The molecule has 0 saturated carbocycles. The summed E-state index contributed by atoms with van der Waals surface area (Å²) in [5, 5.41) is 0. The zero-order valence-electron chi connectivity index (χ0n) is 9.44. The lowest BCUT2D eigenvalue weighted by atomic mass is 10.0. The summed E-state index contributed by atoms with van der Waals surface area (Å²) < 4.78 is 0. The maximum atomic E-state index is 5.70. The molecule has 74 valence electrons. The van der Waals surface area contributed by atoms with Gasteiger partial charge in [0.15, 0.2) is 0 Å². The van der Waals surface area contributed by atoms with E-state index in [1.54, 1.807) is 0 Å². The number of rotatable bonds is 1. The van der Waals surface area contributed by atoms with Crippen molar-refractivity contribution < 1.29 is 0 Å². The minimum Gasteiger partial charge on any atom is -0.399 e. The number of nitrogen functional groups attached to an aromatic ring is 1. The predicted octanol–water partition coefficient (Wildman–Crippen LogP) is 3.47. The van der Waals surface area contributed by atoms with E-state index in [2.05, 4.69) is 26.8 Å². The molecule has 1 heteroatoms. The molecule has 0 saturated heterocycles. The van der Waals surface area contributed by atoms with Gasteiger partial charge < -0.3 is 5.73 Å². The predicted molar refractivity (Wildman–Crippen MR) is 61.1 cm³/mol. The van der Waals surface area contributed by atoms with Crippen LogP contribution in [0.15, 0.2) is 12.1 Å². The number of aryl methyl sites for hydroxylation is 2. The van der Waals surface area contributed by atoms with Gasteiger partial charge >= 0.3 is 0 Å². The molecule has 0 aromatic heterocycles. The maximum Gasteiger partial charge on any atom is 0.0319 e. The van der Waals surface area contributed by atoms with Crippen molar-refractivity contribution in [3.05, 3.63) is 28.8 Å². The van der Waals surface area contributed by atoms with E-state index in [0.717, 1.165) is 12.1 Å². The van der Waals surface area contributed by atoms with Gasteiger partial charge in [0, 0.05) is 5.69 Å². The Morgan fingerprint density at radius 3 is 2.15 bits per heavy atom. The number of nitrogens with two attached hydrogens (primary N) is 1. The molecule has 0 unspecified atom stereocenters. The Labute approximate surface area is 82.0 Å². The van der Waals surface area contributed by atoms with Crippen LogP contribution in [0.2, 0.25) is 0 Å². The number of benzene rings is 1. The molecule has 0 aliphatic rings. The van der Waals surface area contributed by atoms with Crippen LogP contribution in [0.5, 0.6) is 0 Å². The maximum absolute atomic E-state index is 5.70. The van der Waals surface area contributed by atoms with E-state index in [1.165, 1.54) is 16.7 Å². The van der Waals surface area contributed by atoms with Crippen molar-refractivity contribution in [3.63, 3.8) is 0 Å². The molecule has 1 nitrogen and oxygen atoms in total. The van der Waals surface area contributed by atoms with Crippen LogP contribution in [-0.4, -0.2) is 0 Å². The van der Waals surface area contributed by atoms with E-state index in [4.69, 9.17) is 5.73 Å². The molecule has 2 N–H and O–H groups in total. The summed E-state index contributed by atoms with van der Waals surface area (Å²) in [6.07, 6.45) is 1.07. The first kappa shape index (κ1) is 12.0. The first-order valence-corrected chi connectivity index (χ1v) is 5.00. The zero-order chi connectivity index (χ0) is 10.4. The molecule has 1 rings (SSSR count). The van der Waals surface area contributed by atoms with Crippen molar-refractivity contribution in [1.82, 2.24) is 0 Å². The highest BCUT2D eigenvalue weighted by Crippen LogP contribution is 2.17. The fourth-order valence-corrected chi connectivity index (χ4v) is 1.33. The van der Waals surface area contributed by atoms with Crippen molar-refractivity contribution >= 4 is 5.69 Å². The smallest absolute Gasteiger partial charge is 0.0319 e. The molecule has 0 spiro atoms. The van der Waals surface area contributed by atoms with Gasteiger partial charge in [0.05, 0.1) is 0 Å². The number of hydrogen-bond donors (Lipinski definition) is 1. The van der Waals surface area contributed by atoms with E-state index in [-0.39, 0.29) is 0 Å². The zero-order valence-corrected chi connectivity index (χ0v) is 9.44. The third-order valence-electron chi connectivity index (χ3n) is 2.18. The lowest BCUT2D eigenvalue weighted by Crippen LogP contribution is -1.94. The van der Waals surface area contributed by atoms with Crippen LogP contribution in [0.1, 0.15) is 37.5 Å². The van der Waals surface area contributed by atoms with Crippen LogP contribution in [0, 0.1) is 13.8 Å². The molecule has 1 aromatic carbocycles. The van der Waals surface area contributed by atoms with Crippen LogP contribution in [0.4, 0.5) is 5.69 Å². The second-order valence-corrected chi connectivity index (χ2v) is 2.98. The van der Waals surface area contributed by atoms with E-state index in [9.17, 15) is 0 Å². The normalized spacial score (nSPS) is 9.00. The summed E-state index contributed by atoms with van der Waals surface area (Å²) in [6, 6.07) is 4.08. The van der Waals surface area contributed by atoms with Crippen LogP contribution in [-0.2, 0) is 6.42 Å². The summed E-state index contributed by atoms with van der Waals surface area (Å²) in [7, 11) is 0. The Morgan fingerprint density at radius 1 is 1.15 bits per heavy atom. The average Bonchev–Trinajstić information content (AvgIpc) is 2.14. The van der Waals surface area contributed by atoms with E-state index < -0.39 is 0 Å². The fourth-order valence-electron chi connectivity index (χ4n) is 1.33. The minimum atomic E-state index is 0.880. The summed E-state index contributed by atoms with van der Waals surface area (Å²) >= 11 is 0. The Bertz CT molecular complexity index is 264. The molecule has 0 radical (unpaired) electrons. The van der Waals surface area contributed by atoms with Crippen LogP contribution in [0.3, 0.4) is 0 Å². The highest BCUT2D eigenvalue weighted by atomic mass is 14.5. The van der Waals surface area contributed by atoms with E-state index in [0.29, 0.717) is 0 Å². The second-order valence-electron chi connectivity index (χ2n) is 2.98. The first-order valence-electron chi connectivity index (χ1n) is 5.00. The van der Waals surface area contributed by atoms with Crippen molar-refractivity contribution in [2.24, 2.45) is 0 Å². The van der Waals surface area contributed by atoms with Gasteiger partial charge in [0.1, 0.15) is 0 Å². The fraction of sp³-hybridized carbons (Fsp3) is 0.500. The summed E-state index contributed by atoms with van der Waals surface area (Å²) in [4.78, 5) is 0. The average molecular weight is 179 g/mol. The largest absolute Gasteiger partial charge is 0.399 e. The second kappa shape index (κ2) is 5.63. The SMILES string of the molecule is CC.CCc1cc(N)cc(C)c1C. The van der Waals surface area contributed by atoms with Crippen molar-refractivity contribution in [3.8, 4) is 0 Å². The Hall–Kier alpha value is -0.980. The molecule has 0 amide bonds. The molecule has 0 aliphatic heterocycles. The van der Waals surface area contributed by atoms with Gasteiger partial charge in [0.25, 0.3) is 0 Å². The highest BCUT2D eigenvalue weighted by molar-refractivity contribution is 5.48. The van der Waals surface area contributed by atoms with Gasteiger partial charge in [-0.15, -0.1) is 0 Å². The number of hydrogen-bond acceptors (Lipinski definition) is 1. The molecule has 0 aliphatic carbocycles. The Morgan fingerprint density at radius 2 is 1.69 bits per heavy atom. The van der Waals surface area contributed by atoms with Crippen molar-refractivity contribution in [1.29, 1.82) is 0 Å². The van der Waals surface area contributed by atoms with Crippen molar-refractivity contribution in [2.75, 3.05) is 5.73 Å². The van der Waals surface area contributed by atoms with E-state index >= 15 is 0 Å². The molecule has 0 fully saturated rings. The molecule has 0 bridgehead atoms. The van der Waals surface area contributed by atoms with E-state index in [1.807, 2.05) is 19.9 Å². The highest BCUT2D eigenvalue weighted by Gasteiger charge is 1.99. The lowest BCUT2D eigenvalue weighted by molar-refractivity contribution is 1.10. The molecule has 13 heavy (non-hydrogen) atoms. The minimum absolute atomic E-state index is 0.880. The molecule has 1 aromatic rings. The Balaban J connectivity index is 0.000000671.